The van der Waals surface area contributed by atoms with Gasteiger partial charge in [-0.25, -0.2) is 4.79 Å². The summed E-state index contributed by atoms with van der Waals surface area (Å²) in [6, 6.07) is 0.280. The van der Waals surface area contributed by atoms with Gasteiger partial charge in [0.05, 0.1) is 7.11 Å². The number of ether oxygens (including phenoxy) is 2. The molecule has 0 radical (unpaired) electrons. The Labute approximate surface area is 84.2 Å². The minimum absolute atomic E-state index is 0. The highest BCUT2D eigenvalue weighted by atomic mass is 35.5. The molecule has 1 aliphatic rings. The van der Waals surface area contributed by atoms with Crippen molar-refractivity contribution in [2.24, 2.45) is 5.73 Å². The van der Waals surface area contributed by atoms with E-state index >= 15 is 0 Å². The predicted molar refractivity (Wildman–Crippen MR) is 51.0 cm³/mol. The molecule has 4 nitrogen and oxygen atoms in total. The zero-order valence-corrected chi connectivity index (χ0v) is 8.51. The fourth-order valence-electron chi connectivity index (χ4n) is 1.39. The second kappa shape index (κ2) is 6.05. The summed E-state index contributed by atoms with van der Waals surface area (Å²) >= 11 is 0. The number of carbonyl (C=O) groups excluding carboxylic acids is 1. The molecule has 0 aromatic rings. The second-order valence-corrected chi connectivity index (χ2v) is 3.11. The van der Waals surface area contributed by atoms with E-state index in [2.05, 4.69) is 4.74 Å². The van der Waals surface area contributed by atoms with Gasteiger partial charge in [0.2, 0.25) is 0 Å². The van der Waals surface area contributed by atoms with Crippen LogP contribution in [0.5, 0.6) is 0 Å². The molecule has 0 unspecified atom stereocenters. The summed E-state index contributed by atoms with van der Waals surface area (Å²) in [7, 11) is 1.32. The van der Waals surface area contributed by atoms with Crippen LogP contribution in [0.15, 0.2) is 0 Å². The molecule has 0 heterocycles. The van der Waals surface area contributed by atoms with Crippen LogP contribution in [0.25, 0.3) is 0 Å². The highest BCUT2D eigenvalue weighted by Crippen LogP contribution is 2.19. The largest absolute Gasteiger partial charge is 0.508 e. The van der Waals surface area contributed by atoms with Crippen LogP contribution in [-0.4, -0.2) is 25.4 Å². The van der Waals surface area contributed by atoms with Crippen LogP contribution in [0.4, 0.5) is 4.79 Å². The molecule has 0 aromatic carbocycles. The molecular weight excluding hydrogens is 194 g/mol. The Kier molecular flexibility index (Phi) is 5.82. The van der Waals surface area contributed by atoms with Crippen molar-refractivity contribution in [3.8, 4) is 0 Å². The van der Waals surface area contributed by atoms with Crippen LogP contribution in [0.3, 0.4) is 0 Å². The molecule has 0 aromatic heterocycles. The Balaban J connectivity index is 0.00000144. The van der Waals surface area contributed by atoms with Crippen molar-refractivity contribution in [2.45, 2.75) is 37.8 Å². The van der Waals surface area contributed by atoms with E-state index in [4.69, 9.17) is 10.5 Å². The number of hydrogen-bond donors (Lipinski definition) is 1. The Morgan fingerprint density at radius 2 is 1.85 bits per heavy atom. The van der Waals surface area contributed by atoms with Gasteiger partial charge in [-0.1, -0.05) is 0 Å². The first-order chi connectivity index (χ1) is 5.72. The maximum Gasteiger partial charge on any atom is 0.508 e. The zero-order valence-electron chi connectivity index (χ0n) is 7.69. The number of nitrogens with two attached hydrogens (primary N) is 1. The summed E-state index contributed by atoms with van der Waals surface area (Å²) in [4.78, 5) is 10.7. The zero-order chi connectivity index (χ0) is 8.97. The van der Waals surface area contributed by atoms with Crippen molar-refractivity contribution >= 4 is 18.6 Å². The molecule has 1 aliphatic carbocycles. The van der Waals surface area contributed by atoms with E-state index in [-0.39, 0.29) is 24.6 Å². The molecule has 5 heteroatoms. The lowest BCUT2D eigenvalue weighted by Gasteiger charge is -2.25. The Morgan fingerprint density at radius 3 is 2.31 bits per heavy atom. The molecular formula is C8H16ClNO3. The van der Waals surface area contributed by atoms with Gasteiger partial charge in [0.1, 0.15) is 6.10 Å². The van der Waals surface area contributed by atoms with Crippen LogP contribution in [0.2, 0.25) is 0 Å². The van der Waals surface area contributed by atoms with Crippen molar-refractivity contribution in [3.63, 3.8) is 0 Å². The highest BCUT2D eigenvalue weighted by molar-refractivity contribution is 5.85. The minimum Gasteiger partial charge on any atom is -0.438 e. The van der Waals surface area contributed by atoms with Gasteiger partial charge in [-0.3, -0.25) is 0 Å². The molecule has 1 saturated carbocycles. The lowest BCUT2D eigenvalue weighted by Crippen LogP contribution is -2.31. The first-order valence-electron chi connectivity index (χ1n) is 4.22. The molecule has 0 bridgehead atoms. The average molecular weight is 210 g/mol. The normalized spacial score (nSPS) is 27.2. The number of hydrogen-bond acceptors (Lipinski definition) is 4. The van der Waals surface area contributed by atoms with Gasteiger partial charge in [-0.05, 0) is 25.7 Å². The van der Waals surface area contributed by atoms with Crippen LogP contribution < -0.4 is 5.73 Å². The molecule has 1 fully saturated rings. The first kappa shape index (κ1) is 12.5. The molecule has 0 spiro atoms. The van der Waals surface area contributed by atoms with Gasteiger partial charge < -0.3 is 15.2 Å². The lowest BCUT2D eigenvalue weighted by atomic mass is 9.94. The number of methoxy groups -OCH3 is 1. The third-order valence-corrected chi connectivity index (χ3v) is 2.15. The smallest absolute Gasteiger partial charge is 0.438 e. The maximum atomic E-state index is 10.7. The summed E-state index contributed by atoms with van der Waals surface area (Å²) in [5, 5.41) is 0. The van der Waals surface area contributed by atoms with E-state index in [1.54, 1.807) is 0 Å². The quantitative estimate of drug-likeness (QED) is 0.665. The number of carbonyl (C=O) groups is 1. The fraction of sp³-hybridized carbons (Fsp3) is 0.875. The van der Waals surface area contributed by atoms with Gasteiger partial charge in [-0.2, -0.15) is 0 Å². The molecule has 0 saturated heterocycles. The van der Waals surface area contributed by atoms with Crippen molar-refractivity contribution in [1.29, 1.82) is 0 Å². The lowest BCUT2D eigenvalue weighted by molar-refractivity contribution is 0.0211. The molecule has 1 rings (SSSR count). The Bertz CT molecular complexity index is 157. The Morgan fingerprint density at radius 1 is 1.31 bits per heavy atom. The number of rotatable bonds is 1. The summed E-state index contributed by atoms with van der Waals surface area (Å²) in [5.74, 6) is 0. The molecule has 13 heavy (non-hydrogen) atoms. The van der Waals surface area contributed by atoms with E-state index in [0.717, 1.165) is 25.7 Å². The van der Waals surface area contributed by atoms with E-state index < -0.39 is 6.16 Å². The third kappa shape index (κ3) is 4.33. The van der Waals surface area contributed by atoms with E-state index in [1.807, 2.05) is 0 Å². The van der Waals surface area contributed by atoms with Crippen LogP contribution in [0.1, 0.15) is 25.7 Å². The molecule has 2 N–H and O–H groups in total. The van der Waals surface area contributed by atoms with Gasteiger partial charge >= 0.3 is 6.16 Å². The van der Waals surface area contributed by atoms with Crippen molar-refractivity contribution in [3.05, 3.63) is 0 Å². The molecule has 0 aliphatic heterocycles. The van der Waals surface area contributed by atoms with E-state index in [1.165, 1.54) is 7.11 Å². The topological polar surface area (TPSA) is 61.5 Å². The summed E-state index contributed by atoms with van der Waals surface area (Å²) in [5.41, 5.74) is 5.69. The minimum atomic E-state index is -0.588. The number of halogens is 1. The monoisotopic (exact) mass is 209 g/mol. The third-order valence-electron chi connectivity index (χ3n) is 2.15. The van der Waals surface area contributed by atoms with Gasteiger partial charge in [0, 0.05) is 6.04 Å². The maximum absolute atomic E-state index is 10.7. The Hall–Kier alpha value is -0.480. The van der Waals surface area contributed by atoms with Gasteiger partial charge in [0.15, 0.2) is 0 Å². The summed E-state index contributed by atoms with van der Waals surface area (Å²) in [6.45, 7) is 0. The highest BCUT2D eigenvalue weighted by Gasteiger charge is 2.21. The van der Waals surface area contributed by atoms with Crippen LogP contribution in [0, 0.1) is 0 Å². The molecule has 78 valence electrons. The van der Waals surface area contributed by atoms with Crippen molar-refractivity contribution < 1.29 is 14.3 Å². The van der Waals surface area contributed by atoms with Crippen LogP contribution >= 0.6 is 12.4 Å². The average Bonchev–Trinajstić information content (AvgIpc) is 2.09. The first-order valence-corrected chi connectivity index (χ1v) is 4.22. The van der Waals surface area contributed by atoms with Gasteiger partial charge in [0.25, 0.3) is 0 Å². The summed E-state index contributed by atoms with van der Waals surface area (Å²) in [6.07, 6.45) is 3.00. The fourth-order valence-corrected chi connectivity index (χ4v) is 1.39. The predicted octanol–water partition coefficient (Wildman–Crippen LogP) is 1.46. The second-order valence-electron chi connectivity index (χ2n) is 3.11. The van der Waals surface area contributed by atoms with Crippen LogP contribution in [-0.2, 0) is 9.47 Å². The van der Waals surface area contributed by atoms with Gasteiger partial charge in [-0.15, -0.1) is 12.4 Å². The van der Waals surface area contributed by atoms with Crippen molar-refractivity contribution in [1.82, 2.24) is 0 Å². The standard InChI is InChI=1S/C8H15NO3.ClH/c1-11-8(10)12-7-4-2-6(9)3-5-7;/h6-7H,2-5,9H2,1H3;1H/t6-,7-;. The molecule has 0 atom stereocenters. The summed E-state index contributed by atoms with van der Waals surface area (Å²) < 4.78 is 9.36. The molecule has 0 amide bonds. The van der Waals surface area contributed by atoms with Crippen molar-refractivity contribution in [2.75, 3.05) is 7.11 Å². The van der Waals surface area contributed by atoms with E-state index in [0.29, 0.717) is 0 Å². The van der Waals surface area contributed by atoms with E-state index in [9.17, 15) is 4.79 Å². The SMILES string of the molecule is COC(=O)O[C@H]1CC[C@H](N)CC1.Cl.